The number of imide groups is 1. The lowest BCUT2D eigenvalue weighted by Crippen LogP contribution is -2.36. The molecule has 0 aliphatic carbocycles. The highest BCUT2D eigenvalue weighted by Crippen LogP contribution is 2.34. The number of hydrogen-bond acceptors (Lipinski definition) is 4. The average Bonchev–Trinajstić information content (AvgIpc) is 3.35. The summed E-state index contributed by atoms with van der Waals surface area (Å²) in [5, 5.41) is 4.23. The van der Waals surface area contributed by atoms with Crippen molar-refractivity contribution in [2.24, 2.45) is 0 Å². The fourth-order valence-corrected chi connectivity index (χ4v) is 5.39. The van der Waals surface area contributed by atoms with E-state index in [4.69, 9.17) is 23.2 Å². The predicted molar refractivity (Wildman–Crippen MR) is 153 cm³/mol. The Morgan fingerprint density at radius 1 is 1.03 bits per heavy atom. The summed E-state index contributed by atoms with van der Waals surface area (Å²) in [6.45, 7) is 0.223. The number of thioether (sulfide) groups is 1. The third-order valence-corrected chi connectivity index (χ3v) is 8.14. The number of amides is 3. The monoisotopic (exact) mass is 613 g/mol. The first-order valence-electron chi connectivity index (χ1n) is 11.1. The van der Waals surface area contributed by atoms with Crippen LogP contribution in [0.4, 0.5) is 10.5 Å². The molecule has 10 heteroatoms. The molecule has 0 bridgehead atoms. The third kappa shape index (κ3) is 5.62. The van der Waals surface area contributed by atoms with Crippen molar-refractivity contribution >= 4 is 90.6 Å². The van der Waals surface area contributed by atoms with Crippen LogP contribution < -0.4 is 5.32 Å². The van der Waals surface area contributed by atoms with Crippen LogP contribution >= 0.6 is 50.9 Å². The van der Waals surface area contributed by atoms with Gasteiger partial charge in [-0.15, -0.1) is 0 Å². The molecular formula is C27H18BrCl2N3O3S. The molecule has 1 N–H and O–H groups in total. The zero-order chi connectivity index (χ0) is 26.1. The Bertz CT molecular complexity index is 1580. The summed E-state index contributed by atoms with van der Waals surface area (Å²) in [7, 11) is 0. The number of halogens is 3. The summed E-state index contributed by atoms with van der Waals surface area (Å²) in [6, 6.07) is 20.4. The predicted octanol–water partition coefficient (Wildman–Crippen LogP) is 7.43. The van der Waals surface area contributed by atoms with Gasteiger partial charge in [0.25, 0.3) is 11.1 Å². The van der Waals surface area contributed by atoms with E-state index in [0.29, 0.717) is 26.8 Å². The van der Waals surface area contributed by atoms with Crippen LogP contribution in [0, 0.1) is 0 Å². The first-order valence-corrected chi connectivity index (χ1v) is 13.5. The van der Waals surface area contributed by atoms with Crippen molar-refractivity contribution in [3.63, 3.8) is 0 Å². The number of rotatable bonds is 6. The van der Waals surface area contributed by atoms with E-state index in [9.17, 15) is 14.4 Å². The molecular weight excluding hydrogens is 597 g/mol. The van der Waals surface area contributed by atoms with Gasteiger partial charge in [-0.05, 0) is 75.7 Å². The Morgan fingerprint density at radius 2 is 1.78 bits per heavy atom. The van der Waals surface area contributed by atoms with Crippen LogP contribution in [-0.4, -0.2) is 33.1 Å². The minimum atomic E-state index is -0.506. The van der Waals surface area contributed by atoms with Gasteiger partial charge < -0.3 is 9.88 Å². The first-order chi connectivity index (χ1) is 17.8. The molecule has 1 saturated heterocycles. The van der Waals surface area contributed by atoms with Crippen LogP contribution in [0.1, 0.15) is 11.1 Å². The summed E-state index contributed by atoms with van der Waals surface area (Å²) < 4.78 is 2.78. The van der Waals surface area contributed by atoms with Gasteiger partial charge in [0.2, 0.25) is 5.91 Å². The van der Waals surface area contributed by atoms with Crippen molar-refractivity contribution in [2.45, 2.75) is 6.54 Å². The Kier molecular flexibility index (Phi) is 7.44. The maximum Gasteiger partial charge on any atom is 0.294 e. The number of anilines is 1. The van der Waals surface area contributed by atoms with E-state index in [-0.39, 0.29) is 4.91 Å². The first kappa shape index (κ1) is 25.6. The van der Waals surface area contributed by atoms with Crippen molar-refractivity contribution in [1.29, 1.82) is 0 Å². The summed E-state index contributed by atoms with van der Waals surface area (Å²) in [6.07, 6.45) is 3.66. The molecule has 3 amide bonds. The van der Waals surface area contributed by atoms with Gasteiger partial charge in [0.05, 0.1) is 9.93 Å². The van der Waals surface area contributed by atoms with E-state index < -0.39 is 23.6 Å². The smallest absolute Gasteiger partial charge is 0.294 e. The van der Waals surface area contributed by atoms with E-state index in [2.05, 4.69) is 25.8 Å². The number of hydrogen-bond donors (Lipinski definition) is 1. The quantitative estimate of drug-likeness (QED) is 0.229. The Labute approximate surface area is 235 Å². The number of para-hydroxylation sites is 1. The molecule has 186 valence electrons. The maximum atomic E-state index is 13.1. The minimum Gasteiger partial charge on any atom is -0.342 e. The van der Waals surface area contributed by atoms with Crippen molar-refractivity contribution in [1.82, 2.24) is 9.47 Å². The summed E-state index contributed by atoms with van der Waals surface area (Å²) in [5.41, 5.74) is 3.35. The molecule has 1 fully saturated rings. The van der Waals surface area contributed by atoms with Gasteiger partial charge in [-0.3, -0.25) is 19.3 Å². The number of nitrogens with one attached hydrogen (secondary N) is 1. The standard InChI is InChI=1S/C27H18BrCl2N3O3S/c28-21-10-9-19(12-22(21)30)31-25(34)15-33-26(35)24(37-27(33)36)11-17-14-32(23-4-2-1-3-20(17)23)13-16-5-7-18(29)8-6-16/h1-12,14H,13,15H2,(H,31,34)/b24-11-. The topological polar surface area (TPSA) is 71.4 Å². The van der Waals surface area contributed by atoms with E-state index in [1.54, 1.807) is 24.3 Å². The minimum absolute atomic E-state index is 0.263. The number of carbonyl (C=O) groups is 3. The normalized spacial score (nSPS) is 14.7. The number of carbonyl (C=O) groups excluding carboxylic acids is 3. The molecule has 0 saturated carbocycles. The van der Waals surface area contributed by atoms with E-state index >= 15 is 0 Å². The van der Waals surface area contributed by atoms with E-state index in [1.807, 2.05) is 54.7 Å². The van der Waals surface area contributed by atoms with Crippen LogP contribution in [-0.2, 0) is 16.1 Å². The molecule has 0 radical (unpaired) electrons. The molecule has 2 heterocycles. The number of nitrogens with zero attached hydrogens (tertiary/aromatic N) is 2. The molecule has 6 nitrogen and oxygen atoms in total. The van der Waals surface area contributed by atoms with Crippen molar-refractivity contribution < 1.29 is 14.4 Å². The summed E-state index contributed by atoms with van der Waals surface area (Å²) in [4.78, 5) is 39.4. The highest BCUT2D eigenvalue weighted by molar-refractivity contribution is 9.10. The third-order valence-electron chi connectivity index (χ3n) is 5.75. The fourth-order valence-electron chi connectivity index (χ4n) is 4.00. The lowest BCUT2D eigenvalue weighted by molar-refractivity contribution is -0.127. The van der Waals surface area contributed by atoms with Crippen molar-refractivity contribution in [3.8, 4) is 0 Å². The second-order valence-corrected chi connectivity index (χ2v) is 11.0. The Hall–Kier alpha value is -3.04. The molecule has 1 aliphatic heterocycles. The van der Waals surface area contributed by atoms with Crippen molar-refractivity contribution in [2.75, 3.05) is 11.9 Å². The summed E-state index contributed by atoms with van der Waals surface area (Å²) in [5.74, 6) is -1.00. The van der Waals surface area contributed by atoms with Crippen LogP contribution in [0.15, 0.2) is 82.3 Å². The number of fused-ring (bicyclic) bond motifs is 1. The van der Waals surface area contributed by atoms with Crippen LogP contribution in [0.3, 0.4) is 0 Å². The second-order valence-electron chi connectivity index (χ2n) is 8.30. The average molecular weight is 615 g/mol. The lowest BCUT2D eigenvalue weighted by atomic mass is 10.1. The number of benzene rings is 3. The zero-order valence-electron chi connectivity index (χ0n) is 19.1. The lowest BCUT2D eigenvalue weighted by Gasteiger charge is -2.12. The van der Waals surface area contributed by atoms with Crippen LogP contribution in [0.25, 0.3) is 17.0 Å². The van der Waals surface area contributed by atoms with Gasteiger partial charge in [-0.25, -0.2) is 0 Å². The van der Waals surface area contributed by atoms with Crippen LogP contribution in [0.5, 0.6) is 0 Å². The zero-order valence-corrected chi connectivity index (χ0v) is 23.0. The Morgan fingerprint density at radius 3 is 2.54 bits per heavy atom. The van der Waals surface area contributed by atoms with Crippen molar-refractivity contribution in [3.05, 3.63) is 103 Å². The van der Waals surface area contributed by atoms with Gasteiger partial charge in [0.1, 0.15) is 6.54 Å². The molecule has 0 spiro atoms. The van der Waals surface area contributed by atoms with E-state index in [0.717, 1.165) is 38.7 Å². The van der Waals surface area contributed by atoms with Crippen LogP contribution in [0.2, 0.25) is 10.0 Å². The number of aromatic nitrogens is 1. The SMILES string of the molecule is O=C(CN1C(=O)S/C(=C\c2cn(Cc3ccc(Cl)cc3)c3ccccc23)C1=O)Nc1ccc(Br)c(Cl)c1. The Balaban J connectivity index is 1.36. The highest BCUT2D eigenvalue weighted by atomic mass is 79.9. The van der Waals surface area contributed by atoms with Gasteiger partial charge >= 0.3 is 0 Å². The summed E-state index contributed by atoms with van der Waals surface area (Å²) >= 11 is 16.2. The molecule has 0 unspecified atom stereocenters. The molecule has 4 aromatic rings. The molecule has 1 aromatic heterocycles. The largest absolute Gasteiger partial charge is 0.342 e. The second kappa shape index (κ2) is 10.8. The molecule has 3 aromatic carbocycles. The van der Waals surface area contributed by atoms with Gasteiger partial charge in [-0.1, -0.05) is 53.5 Å². The molecule has 0 atom stereocenters. The van der Waals surface area contributed by atoms with Gasteiger partial charge in [0, 0.05) is 44.4 Å². The molecule has 1 aliphatic rings. The van der Waals surface area contributed by atoms with Gasteiger partial charge in [0.15, 0.2) is 0 Å². The highest BCUT2D eigenvalue weighted by Gasteiger charge is 2.36. The maximum absolute atomic E-state index is 13.1. The van der Waals surface area contributed by atoms with E-state index in [1.165, 1.54) is 0 Å². The van der Waals surface area contributed by atoms with Gasteiger partial charge in [-0.2, -0.15) is 0 Å². The molecule has 5 rings (SSSR count). The molecule has 37 heavy (non-hydrogen) atoms. The fraction of sp³-hybridized carbons (Fsp3) is 0.0741.